The normalized spacial score (nSPS) is 15.0. The van der Waals surface area contributed by atoms with Crippen molar-refractivity contribution in [3.8, 4) is 17.7 Å². The molecule has 0 atom stereocenters. The Kier molecular flexibility index (Phi) is 3.18. The highest BCUT2D eigenvalue weighted by molar-refractivity contribution is 5.19. The standard InChI is InChI=1S/C12H14N2O/c1-2-3-7-15-12-8-11(13-9-14-12)10-5-4-6-10/h8-10H,4-7H2,1H3. The second kappa shape index (κ2) is 4.79. The number of hydrogen-bond donors (Lipinski definition) is 0. The zero-order chi connectivity index (χ0) is 10.5. The lowest BCUT2D eigenvalue weighted by Crippen LogP contribution is -2.11. The molecule has 0 amide bonds. The second-order valence-electron chi connectivity index (χ2n) is 3.62. The molecule has 1 aromatic rings. The van der Waals surface area contributed by atoms with Crippen LogP contribution in [0.5, 0.6) is 5.88 Å². The van der Waals surface area contributed by atoms with E-state index in [1.807, 2.05) is 6.07 Å². The van der Waals surface area contributed by atoms with Gasteiger partial charge in [0, 0.05) is 12.0 Å². The SMILES string of the molecule is CC#CCOc1cc(C2CCC2)ncn1. The van der Waals surface area contributed by atoms with Crippen LogP contribution in [-0.2, 0) is 0 Å². The van der Waals surface area contributed by atoms with E-state index in [0.29, 0.717) is 18.4 Å². The van der Waals surface area contributed by atoms with Crippen molar-refractivity contribution in [1.82, 2.24) is 9.97 Å². The Morgan fingerprint density at radius 2 is 2.33 bits per heavy atom. The van der Waals surface area contributed by atoms with Crippen LogP contribution in [0.1, 0.15) is 37.8 Å². The molecule has 3 heteroatoms. The van der Waals surface area contributed by atoms with Crippen molar-refractivity contribution >= 4 is 0 Å². The van der Waals surface area contributed by atoms with E-state index < -0.39 is 0 Å². The summed E-state index contributed by atoms with van der Waals surface area (Å²) >= 11 is 0. The van der Waals surface area contributed by atoms with Gasteiger partial charge in [0.05, 0.1) is 5.69 Å². The van der Waals surface area contributed by atoms with E-state index in [4.69, 9.17) is 4.74 Å². The molecule has 78 valence electrons. The molecular weight excluding hydrogens is 188 g/mol. The van der Waals surface area contributed by atoms with Crippen LogP contribution in [0, 0.1) is 11.8 Å². The molecule has 0 spiro atoms. The maximum atomic E-state index is 5.38. The summed E-state index contributed by atoms with van der Waals surface area (Å²) in [5.41, 5.74) is 1.11. The van der Waals surface area contributed by atoms with Gasteiger partial charge in [0.15, 0.2) is 6.61 Å². The van der Waals surface area contributed by atoms with E-state index in [0.717, 1.165) is 5.69 Å². The fraction of sp³-hybridized carbons (Fsp3) is 0.500. The average molecular weight is 202 g/mol. The second-order valence-corrected chi connectivity index (χ2v) is 3.62. The Bertz CT molecular complexity index is 388. The molecule has 2 rings (SSSR count). The van der Waals surface area contributed by atoms with Crippen molar-refractivity contribution < 1.29 is 4.74 Å². The summed E-state index contributed by atoms with van der Waals surface area (Å²) in [6.45, 7) is 2.20. The molecule has 0 saturated heterocycles. The molecule has 1 fully saturated rings. The maximum absolute atomic E-state index is 5.38. The molecule has 0 unspecified atom stereocenters. The minimum atomic E-state index is 0.400. The van der Waals surface area contributed by atoms with Crippen molar-refractivity contribution in [1.29, 1.82) is 0 Å². The lowest BCUT2D eigenvalue weighted by molar-refractivity contribution is 0.349. The first-order chi connectivity index (χ1) is 7.40. The number of aromatic nitrogens is 2. The molecule has 1 saturated carbocycles. The quantitative estimate of drug-likeness (QED) is 0.704. The van der Waals surface area contributed by atoms with Gasteiger partial charge >= 0.3 is 0 Å². The summed E-state index contributed by atoms with van der Waals surface area (Å²) in [6.07, 6.45) is 5.37. The summed E-state index contributed by atoms with van der Waals surface area (Å²) in [5.74, 6) is 6.87. The van der Waals surface area contributed by atoms with Crippen molar-refractivity contribution in [2.45, 2.75) is 32.1 Å². The molecule has 0 bridgehead atoms. The predicted octanol–water partition coefficient (Wildman–Crippen LogP) is 2.15. The van der Waals surface area contributed by atoms with Gasteiger partial charge < -0.3 is 4.74 Å². The Hall–Kier alpha value is -1.56. The minimum absolute atomic E-state index is 0.400. The molecule has 0 N–H and O–H groups in total. The lowest BCUT2D eigenvalue weighted by Gasteiger charge is -2.24. The highest BCUT2D eigenvalue weighted by atomic mass is 16.5. The third-order valence-corrected chi connectivity index (χ3v) is 2.66. The van der Waals surface area contributed by atoms with Gasteiger partial charge in [0.25, 0.3) is 0 Å². The lowest BCUT2D eigenvalue weighted by atomic mass is 9.83. The van der Waals surface area contributed by atoms with E-state index >= 15 is 0 Å². The Balaban J connectivity index is 2.00. The fourth-order valence-electron chi connectivity index (χ4n) is 1.54. The van der Waals surface area contributed by atoms with E-state index in [2.05, 4.69) is 21.8 Å². The number of nitrogens with zero attached hydrogens (tertiary/aromatic N) is 2. The Morgan fingerprint density at radius 3 is 3.00 bits per heavy atom. The van der Waals surface area contributed by atoms with Crippen molar-refractivity contribution in [2.75, 3.05) is 6.61 Å². The van der Waals surface area contributed by atoms with Crippen LogP contribution in [-0.4, -0.2) is 16.6 Å². The van der Waals surface area contributed by atoms with Gasteiger partial charge in [-0.1, -0.05) is 12.3 Å². The zero-order valence-electron chi connectivity index (χ0n) is 8.86. The Labute approximate surface area is 89.9 Å². The maximum Gasteiger partial charge on any atom is 0.217 e. The molecular formula is C12H14N2O. The minimum Gasteiger partial charge on any atom is -0.464 e. The van der Waals surface area contributed by atoms with Crippen molar-refractivity contribution in [3.63, 3.8) is 0 Å². The van der Waals surface area contributed by atoms with Crippen LogP contribution in [0.4, 0.5) is 0 Å². The van der Waals surface area contributed by atoms with Gasteiger partial charge in [0.2, 0.25) is 5.88 Å². The first kappa shape index (κ1) is 9.97. The smallest absolute Gasteiger partial charge is 0.217 e. The van der Waals surface area contributed by atoms with Crippen molar-refractivity contribution in [3.05, 3.63) is 18.1 Å². The summed E-state index contributed by atoms with van der Waals surface area (Å²) in [4.78, 5) is 8.31. The van der Waals surface area contributed by atoms with Crippen LogP contribution in [0.25, 0.3) is 0 Å². The number of hydrogen-bond acceptors (Lipinski definition) is 3. The van der Waals surface area contributed by atoms with E-state index in [1.54, 1.807) is 13.3 Å². The summed E-state index contributed by atoms with van der Waals surface area (Å²) in [5, 5.41) is 0. The van der Waals surface area contributed by atoms with E-state index in [1.165, 1.54) is 19.3 Å². The van der Waals surface area contributed by atoms with Gasteiger partial charge in [-0.05, 0) is 19.8 Å². The summed E-state index contributed by atoms with van der Waals surface area (Å²) in [7, 11) is 0. The van der Waals surface area contributed by atoms with Crippen LogP contribution in [0.3, 0.4) is 0 Å². The highest BCUT2D eigenvalue weighted by Gasteiger charge is 2.21. The predicted molar refractivity (Wildman–Crippen MR) is 57.6 cm³/mol. The topological polar surface area (TPSA) is 35.0 Å². The van der Waals surface area contributed by atoms with Crippen LogP contribution in [0.2, 0.25) is 0 Å². The summed E-state index contributed by atoms with van der Waals surface area (Å²) in [6, 6.07) is 1.93. The molecule has 15 heavy (non-hydrogen) atoms. The molecule has 1 heterocycles. The zero-order valence-corrected chi connectivity index (χ0v) is 8.86. The first-order valence-corrected chi connectivity index (χ1v) is 5.24. The summed E-state index contributed by atoms with van der Waals surface area (Å²) < 4.78 is 5.38. The average Bonchev–Trinajstić information content (AvgIpc) is 2.16. The number of ether oxygens (including phenoxy) is 1. The third kappa shape index (κ3) is 2.47. The van der Waals surface area contributed by atoms with Gasteiger partial charge in [-0.2, -0.15) is 0 Å². The third-order valence-electron chi connectivity index (χ3n) is 2.66. The molecule has 0 aliphatic heterocycles. The molecule has 0 radical (unpaired) electrons. The van der Waals surface area contributed by atoms with Gasteiger partial charge in [-0.15, -0.1) is 5.92 Å². The van der Waals surface area contributed by atoms with Crippen LogP contribution >= 0.6 is 0 Å². The van der Waals surface area contributed by atoms with Gasteiger partial charge in [-0.3, -0.25) is 0 Å². The molecule has 3 nitrogen and oxygen atoms in total. The van der Waals surface area contributed by atoms with Gasteiger partial charge in [-0.25, -0.2) is 9.97 Å². The van der Waals surface area contributed by atoms with Gasteiger partial charge in [0.1, 0.15) is 6.33 Å². The number of rotatable bonds is 3. The highest BCUT2D eigenvalue weighted by Crippen LogP contribution is 2.35. The fourth-order valence-corrected chi connectivity index (χ4v) is 1.54. The Morgan fingerprint density at radius 1 is 1.47 bits per heavy atom. The first-order valence-electron chi connectivity index (χ1n) is 5.24. The monoisotopic (exact) mass is 202 g/mol. The van der Waals surface area contributed by atoms with E-state index in [-0.39, 0.29) is 0 Å². The molecule has 0 aromatic carbocycles. The van der Waals surface area contributed by atoms with Crippen LogP contribution in [0.15, 0.2) is 12.4 Å². The molecule has 1 aromatic heterocycles. The molecule has 1 aliphatic rings. The largest absolute Gasteiger partial charge is 0.464 e. The molecule has 1 aliphatic carbocycles. The van der Waals surface area contributed by atoms with Crippen molar-refractivity contribution in [2.24, 2.45) is 0 Å². The van der Waals surface area contributed by atoms with E-state index in [9.17, 15) is 0 Å². The van der Waals surface area contributed by atoms with Crippen LogP contribution < -0.4 is 4.74 Å².